The molecule has 0 radical (unpaired) electrons. The standard InChI is InChI=1S/C15H22FNO3/c1-15(10-20-11-15)9-17-6-13(18)8-19-7-12-4-2-3-5-14(12)16/h2-5,13,17-18H,6-11H2,1H3. The van der Waals surface area contributed by atoms with Crippen LogP contribution < -0.4 is 5.32 Å². The third kappa shape index (κ3) is 4.52. The van der Waals surface area contributed by atoms with Gasteiger partial charge in [0, 0.05) is 24.1 Å². The van der Waals surface area contributed by atoms with Gasteiger partial charge in [-0.25, -0.2) is 4.39 Å². The SMILES string of the molecule is CC1(CNCC(O)COCc2ccccc2F)COC1. The van der Waals surface area contributed by atoms with E-state index in [4.69, 9.17) is 9.47 Å². The lowest BCUT2D eigenvalue weighted by molar-refractivity contribution is -0.100. The first-order valence-electron chi connectivity index (χ1n) is 6.87. The summed E-state index contributed by atoms with van der Waals surface area (Å²) in [6.45, 7) is 5.32. The maximum Gasteiger partial charge on any atom is 0.128 e. The van der Waals surface area contributed by atoms with E-state index >= 15 is 0 Å². The van der Waals surface area contributed by atoms with E-state index < -0.39 is 6.10 Å². The highest BCUT2D eigenvalue weighted by atomic mass is 19.1. The van der Waals surface area contributed by atoms with E-state index in [9.17, 15) is 9.50 Å². The van der Waals surface area contributed by atoms with Gasteiger partial charge in [-0.1, -0.05) is 25.1 Å². The Morgan fingerprint density at radius 1 is 1.45 bits per heavy atom. The molecule has 112 valence electrons. The minimum atomic E-state index is -0.591. The molecule has 1 aromatic rings. The second-order valence-electron chi connectivity index (χ2n) is 5.69. The van der Waals surface area contributed by atoms with Crippen molar-refractivity contribution in [3.05, 3.63) is 35.6 Å². The van der Waals surface area contributed by atoms with E-state index in [1.807, 2.05) is 0 Å². The molecule has 20 heavy (non-hydrogen) atoms. The number of rotatable bonds is 8. The zero-order valence-corrected chi connectivity index (χ0v) is 11.8. The first-order valence-corrected chi connectivity index (χ1v) is 6.87. The summed E-state index contributed by atoms with van der Waals surface area (Å²) in [5, 5.41) is 13.0. The Kier molecular flexibility index (Phi) is 5.48. The smallest absolute Gasteiger partial charge is 0.128 e. The van der Waals surface area contributed by atoms with Crippen LogP contribution in [-0.2, 0) is 16.1 Å². The van der Waals surface area contributed by atoms with Crippen LogP contribution in [0.3, 0.4) is 0 Å². The number of aliphatic hydroxyl groups excluding tert-OH is 1. The van der Waals surface area contributed by atoms with Crippen molar-refractivity contribution < 1.29 is 19.0 Å². The van der Waals surface area contributed by atoms with Crippen LogP contribution >= 0.6 is 0 Å². The number of nitrogens with one attached hydrogen (secondary N) is 1. The lowest BCUT2D eigenvalue weighted by Crippen LogP contribution is -2.48. The van der Waals surface area contributed by atoms with E-state index in [1.165, 1.54) is 6.07 Å². The van der Waals surface area contributed by atoms with Gasteiger partial charge in [0.1, 0.15) is 5.82 Å². The normalized spacial score (nSPS) is 18.6. The first kappa shape index (κ1) is 15.4. The summed E-state index contributed by atoms with van der Waals surface area (Å²) in [6, 6.07) is 6.49. The molecule has 0 spiro atoms. The van der Waals surface area contributed by atoms with Gasteiger partial charge < -0.3 is 19.9 Å². The molecule has 1 aromatic carbocycles. The number of aliphatic hydroxyl groups is 1. The molecule has 1 saturated heterocycles. The fourth-order valence-corrected chi connectivity index (χ4v) is 2.07. The molecule has 0 aliphatic carbocycles. The van der Waals surface area contributed by atoms with E-state index in [0.717, 1.165) is 19.8 Å². The largest absolute Gasteiger partial charge is 0.389 e. The number of hydrogen-bond donors (Lipinski definition) is 2. The van der Waals surface area contributed by atoms with Gasteiger partial charge in [0.15, 0.2) is 0 Å². The van der Waals surface area contributed by atoms with E-state index in [0.29, 0.717) is 12.1 Å². The molecule has 0 aromatic heterocycles. The molecular formula is C15H22FNO3. The molecule has 1 unspecified atom stereocenters. The van der Waals surface area contributed by atoms with Crippen molar-refractivity contribution in [2.45, 2.75) is 19.6 Å². The second kappa shape index (κ2) is 7.13. The number of ether oxygens (including phenoxy) is 2. The summed E-state index contributed by atoms with van der Waals surface area (Å²) < 4.78 is 23.8. The second-order valence-corrected chi connectivity index (χ2v) is 5.69. The Balaban J connectivity index is 1.58. The predicted octanol–water partition coefficient (Wildman–Crippen LogP) is 1.33. The molecule has 2 N–H and O–H groups in total. The van der Waals surface area contributed by atoms with Crippen molar-refractivity contribution in [2.75, 3.05) is 32.9 Å². The van der Waals surface area contributed by atoms with Crippen molar-refractivity contribution in [2.24, 2.45) is 5.41 Å². The van der Waals surface area contributed by atoms with Crippen LogP contribution in [0, 0.1) is 11.2 Å². The van der Waals surface area contributed by atoms with Gasteiger partial charge in [-0.2, -0.15) is 0 Å². The number of benzene rings is 1. The Labute approximate surface area is 118 Å². The molecule has 1 atom stereocenters. The fourth-order valence-electron chi connectivity index (χ4n) is 2.07. The summed E-state index contributed by atoms with van der Waals surface area (Å²) in [5.74, 6) is -0.280. The molecule has 1 aliphatic heterocycles. The first-order chi connectivity index (χ1) is 9.59. The highest BCUT2D eigenvalue weighted by Crippen LogP contribution is 2.24. The number of hydrogen-bond acceptors (Lipinski definition) is 4. The van der Waals surface area contributed by atoms with Crippen molar-refractivity contribution in [1.29, 1.82) is 0 Å². The summed E-state index contributed by atoms with van der Waals surface area (Å²) in [6.07, 6.45) is -0.591. The molecule has 1 fully saturated rings. The maximum absolute atomic E-state index is 13.3. The molecule has 0 amide bonds. The Morgan fingerprint density at radius 2 is 2.20 bits per heavy atom. The molecule has 2 rings (SSSR count). The fraction of sp³-hybridized carbons (Fsp3) is 0.600. The third-order valence-electron chi connectivity index (χ3n) is 3.36. The molecular weight excluding hydrogens is 261 g/mol. The van der Waals surface area contributed by atoms with Crippen LogP contribution in [-0.4, -0.2) is 44.1 Å². The molecule has 1 aliphatic rings. The van der Waals surface area contributed by atoms with E-state index in [2.05, 4.69) is 12.2 Å². The van der Waals surface area contributed by atoms with Gasteiger partial charge in [-0.3, -0.25) is 0 Å². The quantitative estimate of drug-likeness (QED) is 0.756. The molecule has 0 bridgehead atoms. The van der Waals surface area contributed by atoms with Crippen molar-refractivity contribution in [1.82, 2.24) is 5.32 Å². The van der Waals surface area contributed by atoms with Gasteiger partial charge in [0.25, 0.3) is 0 Å². The van der Waals surface area contributed by atoms with Crippen LogP contribution in [0.5, 0.6) is 0 Å². The molecule has 0 saturated carbocycles. The predicted molar refractivity (Wildman–Crippen MR) is 73.9 cm³/mol. The van der Waals surface area contributed by atoms with Gasteiger partial charge in [-0.05, 0) is 6.07 Å². The Morgan fingerprint density at radius 3 is 2.85 bits per heavy atom. The highest BCUT2D eigenvalue weighted by Gasteiger charge is 2.32. The third-order valence-corrected chi connectivity index (χ3v) is 3.36. The minimum absolute atomic E-state index is 0.176. The lowest BCUT2D eigenvalue weighted by Gasteiger charge is -2.38. The monoisotopic (exact) mass is 283 g/mol. The van der Waals surface area contributed by atoms with Crippen LogP contribution in [0.15, 0.2) is 24.3 Å². The maximum atomic E-state index is 13.3. The van der Waals surface area contributed by atoms with Crippen LogP contribution in [0.25, 0.3) is 0 Å². The zero-order valence-electron chi connectivity index (χ0n) is 11.8. The molecule has 5 heteroatoms. The average Bonchev–Trinajstić information content (AvgIpc) is 2.39. The summed E-state index contributed by atoms with van der Waals surface area (Å²) in [7, 11) is 0. The van der Waals surface area contributed by atoms with E-state index in [-0.39, 0.29) is 24.4 Å². The van der Waals surface area contributed by atoms with Gasteiger partial charge in [0.2, 0.25) is 0 Å². The van der Waals surface area contributed by atoms with Crippen LogP contribution in [0.4, 0.5) is 4.39 Å². The van der Waals surface area contributed by atoms with Gasteiger partial charge >= 0.3 is 0 Å². The van der Waals surface area contributed by atoms with Gasteiger partial charge in [-0.15, -0.1) is 0 Å². The van der Waals surface area contributed by atoms with Crippen LogP contribution in [0.1, 0.15) is 12.5 Å². The lowest BCUT2D eigenvalue weighted by atomic mass is 9.89. The molecule has 1 heterocycles. The van der Waals surface area contributed by atoms with E-state index in [1.54, 1.807) is 18.2 Å². The zero-order chi connectivity index (χ0) is 14.4. The van der Waals surface area contributed by atoms with Gasteiger partial charge in [0.05, 0.1) is 32.5 Å². The van der Waals surface area contributed by atoms with Crippen molar-refractivity contribution in [3.63, 3.8) is 0 Å². The summed E-state index contributed by atoms with van der Waals surface area (Å²) in [4.78, 5) is 0. The minimum Gasteiger partial charge on any atom is -0.389 e. The Hall–Kier alpha value is -1.01. The summed E-state index contributed by atoms with van der Waals surface area (Å²) >= 11 is 0. The Bertz CT molecular complexity index is 423. The highest BCUT2D eigenvalue weighted by molar-refractivity contribution is 5.16. The summed E-state index contributed by atoms with van der Waals surface area (Å²) in [5.41, 5.74) is 0.695. The number of halogens is 1. The average molecular weight is 283 g/mol. The van der Waals surface area contributed by atoms with Crippen molar-refractivity contribution in [3.8, 4) is 0 Å². The topological polar surface area (TPSA) is 50.7 Å². The van der Waals surface area contributed by atoms with Crippen molar-refractivity contribution >= 4 is 0 Å². The molecule has 4 nitrogen and oxygen atoms in total. The van der Waals surface area contributed by atoms with Crippen LogP contribution in [0.2, 0.25) is 0 Å².